The number of para-hydroxylation sites is 1. The fourth-order valence-corrected chi connectivity index (χ4v) is 4.95. The number of carbonyl (C=O) groups excluding carboxylic acids is 1. The minimum atomic E-state index is -0.0648. The quantitative estimate of drug-likeness (QED) is 0.613. The van der Waals surface area contributed by atoms with Gasteiger partial charge in [-0.3, -0.25) is 9.69 Å². The van der Waals surface area contributed by atoms with E-state index in [0.29, 0.717) is 6.61 Å². The fraction of sp³-hybridized carbons (Fsp3) is 0.400. The number of benzene rings is 2. The zero-order valence-electron chi connectivity index (χ0n) is 18.0. The smallest absolute Gasteiger partial charge is 0.309 e. The molecule has 0 radical (unpaired) electrons. The number of aryl methyl sites for hydroxylation is 1. The lowest BCUT2D eigenvalue weighted by Gasteiger charge is -2.37. The van der Waals surface area contributed by atoms with Gasteiger partial charge in [0.2, 0.25) is 6.79 Å². The van der Waals surface area contributed by atoms with Crippen molar-refractivity contribution in [3.63, 3.8) is 0 Å². The molecule has 0 amide bonds. The molecule has 31 heavy (non-hydrogen) atoms. The number of H-pyrrole nitrogens is 1. The van der Waals surface area contributed by atoms with Crippen LogP contribution in [0.25, 0.3) is 10.9 Å². The predicted octanol–water partition coefficient (Wildman–Crippen LogP) is 4.57. The molecule has 3 heterocycles. The number of ether oxygens (including phenoxy) is 3. The minimum Gasteiger partial charge on any atom is -0.466 e. The molecule has 1 fully saturated rings. The van der Waals surface area contributed by atoms with E-state index in [4.69, 9.17) is 14.2 Å². The van der Waals surface area contributed by atoms with Crippen molar-refractivity contribution in [2.75, 3.05) is 26.5 Å². The first kappa shape index (κ1) is 19.9. The van der Waals surface area contributed by atoms with Gasteiger partial charge in [-0.25, -0.2) is 0 Å². The number of hydrogen-bond donors (Lipinski definition) is 1. The number of carbonyl (C=O) groups is 1. The lowest BCUT2D eigenvalue weighted by molar-refractivity contribution is -0.149. The maximum absolute atomic E-state index is 12.3. The van der Waals surface area contributed by atoms with Crippen molar-refractivity contribution in [2.24, 2.45) is 5.92 Å². The summed E-state index contributed by atoms with van der Waals surface area (Å²) in [6.07, 6.45) is 1.61. The molecule has 6 heteroatoms. The van der Waals surface area contributed by atoms with Gasteiger partial charge < -0.3 is 19.2 Å². The van der Waals surface area contributed by atoms with Crippen molar-refractivity contribution >= 4 is 16.9 Å². The Morgan fingerprint density at radius 1 is 1.16 bits per heavy atom. The van der Waals surface area contributed by atoms with Crippen LogP contribution in [-0.2, 0) is 9.53 Å². The van der Waals surface area contributed by atoms with Gasteiger partial charge in [0.05, 0.1) is 18.6 Å². The van der Waals surface area contributed by atoms with Crippen molar-refractivity contribution in [1.29, 1.82) is 0 Å². The molecule has 0 saturated carbocycles. The molecule has 0 aliphatic carbocycles. The number of likely N-dealkylation sites (tertiary alicyclic amines) is 1. The molecule has 2 aromatic carbocycles. The number of rotatable bonds is 5. The molecule has 3 aromatic rings. The average molecular weight is 421 g/mol. The fourth-order valence-electron chi connectivity index (χ4n) is 4.95. The third-order valence-corrected chi connectivity index (χ3v) is 6.44. The van der Waals surface area contributed by atoms with E-state index < -0.39 is 0 Å². The van der Waals surface area contributed by atoms with Gasteiger partial charge >= 0.3 is 5.97 Å². The number of aromatic amines is 1. The molecule has 1 aromatic heterocycles. The van der Waals surface area contributed by atoms with E-state index in [2.05, 4.69) is 53.2 Å². The molecule has 0 bridgehead atoms. The molecule has 0 spiro atoms. The summed E-state index contributed by atoms with van der Waals surface area (Å²) in [5, 5.41) is 1.23. The van der Waals surface area contributed by atoms with Crippen LogP contribution in [0.15, 0.2) is 42.5 Å². The SMILES string of the molecule is CCOC(=O)C1CCN(C(c2ccc3c(c2)OCO3)c2c(C)[nH]c3ccccc23)CC1. The standard InChI is InChI=1S/C25H28N2O4/c1-3-29-25(28)17-10-12-27(13-11-17)24(18-8-9-21-22(14-18)31-15-30-21)23-16(2)26-20-7-5-4-6-19(20)23/h4-9,14,17,24,26H,3,10-13,15H2,1-2H3. The van der Waals surface area contributed by atoms with Crippen LogP contribution in [-0.4, -0.2) is 42.3 Å². The number of nitrogens with one attached hydrogen (secondary N) is 1. The Bertz CT molecular complexity index is 1100. The van der Waals surface area contributed by atoms with Crippen molar-refractivity contribution in [2.45, 2.75) is 32.7 Å². The lowest BCUT2D eigenvalue weighted by Crippen LogP contribution is -2.39. The van der Waals surface area contributed by atoms with Gasteiger partial charge in [0, 0.05) is 22.2 Å². The molecule has 6 nitrogen and oxygen atoms in total. The van der Waals surface area contributed by atoms with Gasteiger partial charge in [-0.2, -0.15) is 0 Å². The summed E-state index contributed by atoms with van der Waals surface area (Å²) in [7, 11) is 0. The van der Waals surface area contributed by atoms with Crippen LogP contribution in [0.5, 0.6) is 11.5 Å². The summed E-state index contributed by atoms with van der Waals surface area (Å²) in [6.45, 7) is 6.38. The summed E-state index contributed by atoms with van der Waals surface area (Å²) >= 11 is 0. The Kier molecular flexibility index (Phi) is 5.32. The molecule has 2 aliphatic heterocycles. The third-order valence-electron chi connectivity index (χ3n) is 6.44. The number of aromatic nitrogens is 1. The Morgan fingerprint density at radius 3 is 2.74 bits per heavy atom. The Morgan fingerprint density at radius 2 is 1.94 bits per heavy atom. The van der Waals surface area contributed by atoms with Gasteiger partial charge in [0.25, 0.3) is 0 Å². The highest BCUT2D eigenvalue weighted by molar-refractivity contribution is 5.85. The van der Waals surface area contributed by atoms with Crippen LogP contribution in [0.2, 0.25) is 0 Å². The molecule has 2 aliphatic rings. The first-order valence-corrected chi connectivity index (χ1v) is 11.0. The number of piperidine rings is 1. The lowest BCUT2D eigenvalue weighted by atomic mass is 9.90. The Hall–Kier alpha value is -2.99. The molecule has 1 atom stereocenters. The summed E-state index contributed by atoms with van der Waals surface area (Å²) < 4.78 is 16.5. The number of hydrogen-bond acceptors (Lipinski definition) is 5. The van der Waals surface area contributed by atoms with Crippen LogP contribution in [0.3, 0.4) is 0 Å². The van der Waals surface area contributed by atoms with E-state index in [0.717, 1.165) is 48.6 Å². The average Bonchev–Trinajstić information content (AvgIpc) is 3.38. The normalized spacial score (nSPS) is 17.7. The molecule has 1 saturated heterocycles. The molecule has 1 unspecified atom stereocenters. The van der Waals surface area contributed by atoms with E-state index in [1.165, 1.54) is 16.5 Å². The second-order valence-electron chi connectivity index (χ2n) is 8.29. The molecular weight excluding hydrogens is 392 g/mol. The van der Waals surface area contributed by atoms with E-state index in [9.17, 15) is 4.79 Å². The van der Waals surface area contributed by atoms with Gasteiger partial charge in [-0.05, 0) is 63.5 Å². The second-order valence-corrected chi connectivity index (χ2v) is 8.29. The largest absolute Gasteiger partial charge is 0.466 e. The maximum Gasteiger partial charge on any atom is 0.309 e. The van der Waals surface area contributed by atoms with Gasteiger partial charge in [0.15, 0.2) is 11.5 Å². The van der Waals surface area contributed by atoms with E-state index in [1.54, 1.807) is 0 Å². The number of nitrogens with zero attached hydrogens (tertiary/aromatic N) is 1. The second kappa shape index (κ2) is 8.27. The number of esters is 1. The summed E-state index contributed by atoms with van der Waals surface area (Å²) in [5.41, 5.74) is 4.76. The van der Waals surface area contributed by atoms with Crippen LogP contribution < -0.4 is 9.47 Å². The molecule has 5 rings (SSSR count). The Balaban J connectivity index is 1.53. The Labute approximate surface area is 182 Å². The molecular formula is C25H28N2O4. The zero-order valence-corrected chi connectivity index (χ0v) is 18.0. The summed E-state index contributed by atoms with van der Waals surface area (Å²) in [5.74, 6) is 1.50. The highest BCUT2D eigenvalue weighted by Crippen LogP contribution is 2.42. The van der Waals surface area contributed by atoms with Crippen molar-refractivity contribution < 1.29 is 19.0 Å². The van der Waals surface area contributed by atoms with Crippen molar-refractivity contribution in [1.82, 2.24) is 9.88 Å². The van der Waals surface area contributed by atoms with Crippen LogP contribution in [0, 0.1) is 12.8 Å². The van der Waals surface area contributed by atoms with Gasteiger partial charge in [-0.1, -0.05) is 24.3 Å². The van der Waals surface area contributed by atoms with Crippen LogP contribution in [0.4, 0.5) is 0 Å². The summed E-state index contributed by atoms with van der Waals surface area (Å²) in [6, 6.07) is 14.7. The number of fused-ring (bicyclic) bond motifs is 2. The van der Waals surface area contributed by atoms with E-state index >= 15 is 0 Å². The minimum absolute atomic E-state index is 0.0160. The summed E-state index contributed by atoms with van der Waals surface area (Å²) in [4.78, 5) is 18.3. The predicted molar refractivity (Wildman–Crippen MR) is 118 cm³/mol. The monoisotopic (exact) mass is 420 g/mol. The van der Waals surface area contributed by atoms with E-state index in [1.807, 2.05) is 13.0 Å². The van der Waals surface area contributed by atoms with Gasteiger partial charge in [0.1, 0.15) is 0 Å². The molecule has 162 valence electrons. The van der Waals surface area contributed by atoms with Gasteiger partial charge in [-0.15, -0.1) is 0 Å². The highest BCUT2D eigenvalue weighted by Gasteiger charge is 2.33. The van der Waals surface area contributed by atoms with Crippen LogP contribution in [0.1, 0.15) is 42.6 Å². The first-order valence-electron chi connectivity index (χ1n) is 11.0. The van der Waals surface area contributed by atoms with Crippen LogP contribution >= 0.6 is 0 Å². The topological polar surface area (TPSA) is 63.8 Å². The molecule has 1 N–H and O–H groups in total. The third kappa shape index (κ3) is 3.65. The zero-order chi connectivity index (χ0) is 21.4. The first-order chi connectivity index (χ1) is 15.2. The van der Waals surface area contributed by atoms with E-state index in [-0.39, 0.29) is 24.7 Å². The maximum atomic E-state index is 12.3. The van der Waals surface area contributed by atoms with Crippen molar-refractivity contribution in [3.8, 4) is 11.5 Å². The van der Waals surface area contributed by atoms with Crippen molar-refractivity contribution in [3.05, 3.63) is 59.3 Å². The highest BCUT2D eigenvalue weighted by atomic mass is 16.7.